The van der Waals surface area contributed by atoms with Gasteiger partial charge in [-0.05, 0) is 69.3 Å². The van der Waals surface area contributed by atoms with Crippen molar-refractivity contribution in [3.8, 4) is 11.3 Å². The largest absolute Gasteiger partial charge is 0.477 e. The summed E-state index contributed by atoms with van der Waals surface area (Å²) in [6.07, 6.45) is 15.2. The molecule has 206 valence electrons. The van der Waals surface area contributed by atoms with Gasteiger partial charge in [0.1, 0.15) is 10.7 Å². The number of hydrogen-bond donors (Lipinski definition) is 2. The van der Waals surface area contributed by atoms with Crippen molar-refractivity contribution in [2.24, 2.45) is 0 Å². The molecule has 0 aliphatic heterocycles. The Balaban J connectivity index is 0.000000211. The van der Waals surface area contributed by atoms with Crippen molar-refractivity contribution >= 4 is 28.9 Å². The number of halogens is 1. The zero-order chi connectivity index (χ0) is 27.4. The predicted octanol–water partition coefficient (Wildman–Crippen LogP) is 9.09. The average Bonchev–Trinajstić information content (AvgIpc) is 3.59. The highest BCUT2D eigenvalue weighted by molar-refractivity contribution is 7.09. The van der Waals surface area contributed by atoms with Gasteiger partial charge in [0.05, 0.1) is 11.2 Å². The van der Waals surface area contributed by atoms with Crippen LogP contribution >= 0.6 is 22.9 Å². The van der Waals surface area contributed by atoms with Gasteiger partial charge in [-0.2, -0.15) is 0 Å². The smallest absolute Gasteiger partial charge is 0.354 e. The fourth-order valence-electron chi connectivity index (χ4n) is 4.45. The maximum Gasteiger partial charge on any atom is 0.354 e. The number of carboxylic acid groups (broad SMARTS) is 1. The van der Waals surface area contributed by atoms with E-state index in [1.54, 1.807) is 23.5 Å². The Hall–Kier alpha value is -2.28. The lowest BCUT2D eigenvalue weighted by Gasteiger charge is -2.23. The molecule has 5 nitrogen and oxygen atoms in total. The third-order valence-electron chi connectivity index (χ3n) is 6.83. The van der Waals surface area contributed by atoms with Gasteiger partial charge in [-0.15, -0.1) is 11.3 Å². The van der Waals surface area contributed by atoms with Gasteiger partial charge in [0.25, 0.3) is 0 Å². The summed E-state index contributed by atoms with van der Waals surface area (Å²) in [7, 11) is 0. The number of carbonyl (C=O) groups is 1. The average molecular weight is 556 g/mol. The molecule has 38 heavy (non-hydrogen) atoms. The molecule has 0 atom stereocenters. The molecule has 3 aromatic rings. The van der Waals surface area contributed by atoms with Crippen molar-refractivity contribution in [3.63, 3.8) is 0 Å². The molecule has 1 saturated carbocycles. The number of pyridine rings is 1. The van der Waals surface area contributed by atoms with E-state index >= 15 is 0 Å². The van der Waals surface area contributed by atoms with E-state index in [1.165, 1.54) is 56.4 Å². The van der Waals surface area contributed by atoms with Gasteiger partial charge >= 0.3 is 5.97 Å². The standard InChI is InChI=1S/C16H30N2S.C15H12ClNO2/c1-4-5-6-7-8-9-10-11-12-18-16(2,3)15-17-13-14-19-15;16-11-3-1-2-10(8-11)14-12(9-4-5-9)6-7-13(17-14)15(18)19/h13-14,18H,4-12H2,1-3H3;1-3,6-9H,4-5H2,(H,18,19). The summed E-state index contributed by atoms with van der Waals surface area (Å²) in [6.45, 7) is 7.81. The van der Waals surface area contributed by atoms with Crippen molar-refractivity contribution in [2.75, 3.05) is 6.54 Å². The van der Waals surface area contributed by atoms with Crippen molar-refractivity contribution in [3.05, 3.63) is 69.3 Å². The Kier molecular flexibility index (Phi) is 12.2. The number of nitrogens with one attached hydrogen (secondary N) is 1. The molecule has 2 heterocycles. The Bertz CT molecular complexity index is 1130. The van der Waals surface area contributed by atoms with Crippen LogP contribution in [0.4, 0.5) is 0 Å². The van der Waals surface area contributed by atoms with Crippen molar-refractivity contribution < 1.29 is 9.90 Å². The van der Waals surface area contributed by atoms with E-state index in [0.717, 1.165) is 36.2 Å². The highest BCUT2D eigenvalue weighted by atomic mass is 35.5. The quantitative estimate of drug-likeness (QED) is 0.194. The number of nitrogens with zero attached hydrogens (tertiary/aromatic N) is 2. The van der Waals surface area contributed by atoms with E-state index in [1.807, 2.05) is 30.5 Å². The van der Waals surface area contributed by atoms with Gasteiger partial charge in [-0.25, -0.2) is 14.8 Å². The molecule has 2 aromatic heterocycles. The van der Waals surface area contributed by atoms with Crippen LogP contribution in [0.2, 0.25) is 5.02 Å². The van der Waals surface area contributed by atoms with Crippen LogP contribution in [0.15, 0.2) is 48.0 Å². The molecule has 2 N–H and O–H groups in total. The molecule has 0 radical (unpaired) electrons. The topological polar surface area (TPSA) is 75.1 Å². The van der Waals surface area contributed by atoms with E-state index in [2.05, 4.69) is 41.4 Å². The number of hydrogen-bond acceptors (Lipinski definition) is 5. The Labute approximate surface area is 237 Å². The third-order valence-corrected chi connectivity index (χ3v) is 8.16. The van der Waals surface area contributed by atoms with Crippen molar-refractivity contribution in [1.82, 2.24) is 15.3 Å². The third kappa shape index (κ3) is 9.79. The van der Waals surface area contributed by atoms with Crippen LogP contribution in [0.1, 0.15) is 112 Å². The summed E-state index contributed by atoms with van der Waals surface area (Å²) in [4.78, 5) is 19.7. The molecule has 1 aromatic carbocycles. The molecule has 7 heteroatoms. The van der Waals surface area contributed by atoms with Crippen molar-refractivity contribution in [1.29, 1.82) is 0 Å². The molecule has 4 rings (SSSR count). The summed E-state index contributed by atoms with van der Waals surface area (Å²) < 4.78 is 0. The lowest BCUT2D eigenvalue weighted by atomic mass is 10.0. The number of rotatable bonds is 14. The second kappa shape index (κ2) is 15.3. The maximum atomic E-state index is 11.1. The van der Waals surface area contributed by atoms with Gasteiger partial charge in [0.2, 0.25) is 0 Å². The first kappa shape index (κ1) is 30.3. The molecule has 0 amide bonds. The normalized spacial score (nSPS) is 13.2. The first-order valence-corrected chi connectivity index (χ1v) is 15.2. The minimum Gasteiger partial charge on any atom is -0.477 e. The lowest BCUT2D eigenvalue weighted by Crippen LogP contribution is -2.37. The summed E-state index contributed by atoms with van der Waals surface area (Å²) >= 11 is 7.74. The van der Waals surface area contributed by atoms with Crippen LogP contribution in [-0.2, 0) is 5.54 Å². The van der Waals surface area contributed by atoms with Gasteiger partial charge in [0, 0.05) is 22.2 Å². The Morgan fingerprint density at radius 3 is 2.39 bits per heavy atom. The highest BCUT2D eigenvalue weighted by Gasteiger charge is 2.28. The number of thiazole rings is 1. The fourth-order valence-corrected chi connectivity index (χ4v) is 5.38. The molecule has 0 bridgehead atoms. The van der Waals surface area contributed by atoms with E-state index in [9.17, 15) is 4.79 Å². The molecule has 1 aliphatic rings. The maximum absolute atomic E-state index is 11.1. The Morgan fingerprint density at radius 2 is 1.79 bits per heavy atom. The van der Waals surface area contributed by atoms with Crippen LogP contribution in [0.25, 0.3) is 11.3 Å². The summed E-state index contributed by atoms with van der Waals surface area (Å²) in [5.41, 5.74) is 2.82. The number of aromatic carboxylic acids is 1. The van der Waals surface area contributed by atoms with Crippen LogP contribution in [-0.4, -0.2) is 27.6 Å². The summed E-state index contributed by atoms with van der Waals surface area (Å²) in [5, 5.41) is 16.6. The second-order valence-corrected chi connectivity index (χ2v) is 11.9. The molecular formula is C31H42ClN3O2S. The van der Waals surface area contributed by atoms with E-state index < -0.39 is 5.97 Å². The minimum absolute atomic E-state index is 0.0231. The fraction of sp³-hybridized carbons (Fsp3) is 0.516. The van der Waals surface area contributed by atoms with Crippen LogP contribution in [0.5, 0.6) is 0 Å². The van der Waals surface area contributed by atoms with E-state index in [4.69, 9.17) is 16.7 Å². The predicted molar refractivity (Wildman–Crippen MR) is 159 cm³/mol. The monoisotopic (exact) mass is 555 g/mol. The molecule has 1 fully saturated rings. The number of benzene rings is 1. The number of unbranched alkanes of at least 4 members (excludes halogenated alkanes) is 7. The van der Waals surface area contributed by atoms with Gasteiger partial charge in [0.15, 0.2) is 0 Å². The number of aromatic nitrogens is 2. The molecule has 0 spiro atoms. The first-order chi connectivity index (χ1) is 18.3. The summed E-state index contributed by atoms with van der Waals surface area (Å²) in [6, 6.07) is 10.8. The van der Waals surface area contributed by atoms with Crippen LogP contribution in [0.3, 0.4) is 0 Å². The molecule has 1 aliphatic carbocycles. The molecule has 0 saturated heterocycles. The minimum atomic E-state index is -1.01. The highest BCUT2D eigenvalue weighted by Crippen LogP contribution is 2.44. The zero-order valence-electron chi connectivity index (χ0n) is 23.0. The molecular weight excluding hydrogens is 514 g/mol. The Morgan fingerprint density at radius 1 is 1.08 bits per heavy atom. The lowest BCUT2D eigenvalue weighted by molar-refractivity contribution is 0.0690. The van der Waals surface area contributed by atoms with Crippen LogP contribution < -0.4 is 5.32 Å². The zero-order valence-corrected chi connectivity index (χ0v) is 24.6. The SMILES string of the molecule is CCCCCCCCCCNC(C)(C)c1nccs1.O=C(O)c1ccc(C2CC2)c(-c2cccc(Cl)c2)n1. The van der Waals surface area contributed by atoms with Crippen LogP contribution in [0, 0.1) is 0 Å². The van der Waals surface area contributed by atoms with Crippen molar-refractivity contribution in [2.45, 2.75) is 96.4 Å². The van der Waals surface area contributed by atoms with Gasteiger partial charge < -0.3 is 10.4 Å². The van der Waals surface area contributed by atoms with E-state index in [-0.39, 0.29) is 11.2 Å². The molecule has 0 unspecified atom stereocenters. The summed E-state index contributed by atoms with van der Waals surface area (Å²) in [5.74, 6) is -0.505. The van der Waals surface area contributed by atoms with Gasteiger partial charge in [-0.3, -0.25) is 0 Å². The van der Waals surface area contributed by atoms with Gasteiger partial charge in [-0.1, -0.05) is 81.7 Å². The second-order valence-electron chi connectivity index (χ2n) is 10.6. The number of carboxylic acids is 1. The first-order valence-electron chi connectivity index (χ1n) is 14.0. The van der Waals surface area contributed by atoms with E-state index in [0.29, 0.717) is 10.9 Å².